The zero-order valence-electron chi connectivity index (χ0n) is 19.4. The SMILES string of the molecule is CC(C)Oc1ccc([C@@H](CCNCc2ccc(N(C)C)cc2)C2CCCCC2)cc1. The fourth-order valence-electron chi connectivity index (χ4n) is 4.68. The Hall–Kier alpha value is -2.00. The summed E-state index contributed by atoms with van der Waals surface area (Å²) >= 11 is 0. The molecule has 3 heteroatoms. The van der Waals surface area contributed by atoms with Gasteiger partial charge in [0.05, 0.1) is 6.10 Å². The van der Waals surface area contributed by atoms with Gasteiger partial charge in [-0.25, -0.2) is 0 Å². The van der Waals surface area contributed by atoms with Crippen molar-refractivity contribution in [3.8, 4) is 5.75 Å². The van der Waals surface area contributed by atoms with E-state index in [1.807, 2.05) is 0 Å². The fourth-order valence-corrected chi connectivity index (χ4v) is 4.68. The molecule has 0 aliphatic heterocycles. The molecule has 1 aliphatic rings. The standard InChI is InChI=1S/C27H40N2O/c1-21(2)30-26-16-12-24(13-17-26)27(23-8-6-5-7-9-23)18-19-28-20-22-10-14-25(15-11-22)29(3)4/h10-17,21,23,27-28H,5-9,18-20H2,1-4H3/t27-/m0/s1. The Morgan fingerprint density at radius 3 is 2.20 bits per heavy atom. The van der Waals surface area contributed by atoms with E-state index in [4.69, 9.17) is 4.74 Å². The summed E-state index contributed by atoms with van der Waals surface area (Å²) in [5.41, 5.74) is 4.08. The molecule has 1 atom stereocenters. The number of benzene rings is 2. The second-order valence-electron chi connectivity index (χ2n) is 9.27. The van der Waals surface area contributed by atoms with Crippen LogP contribution in [0, 0.1) is 5.92 Å². The molecular weight excluding hydrogens is 368 g/mol. The summed E-state index contributed by atoms with van der Waals surface area (Å²) in [4.78, 5) is 2.14. The van der Waals surface area contributed by atoms with Crippen LogP contribution in [-0.2, 0) is 6.54 Å². The van der Waals surface area contributed by atoms with Crippen LogP contribution in [0.15, 0.2) is 48.5 Å². The highest BCUT2D eigenvalue weighted by Gasteiger charge is 2.24. The Bertz CT molecular complexity index is 730. The monoisotopic (exact) mass is 408 g/mol. The lowest BCUT2D eigenvalue weighted by Gasteiger charge is -2.31. The van der Waals surface area contributed by atoms with Crippen molar-refractivity contribution in [1.29, 1.82) is 0 Å². The second-order valence-corrected chi connectivity index (χ2v) is 9.27. The minimum absolute atomic E-state index is 0.223. The van der Waals surface area contributed by atoms with Gasteiger partial charge < -0.3 is 15.0 Å². The largest absolute Gasteiger partial charge is 0.491 e. The molecule has 3 rings (SSSR count). The average molecular weight is 409 g/mol. The summed E-state index contributed by atoms with van der Waals surface area (Å²) < 4.78 is 5.85. The van der Waals surface area contributed by atoms with Crippen LogP contribution < -0.4 is 15.0 Å². The first kappa shape index (κ1) is 22.7. The Balaban J connectivity index is 1.57. The number of rotatable bonds is 10. The van der Waals surface area contributed by atoms with Gasteiger partial charge in [-0.2, -0.15) is 0 Å². The van der Waals surface area contributed by atoms with Crippen LogP contribution in [-0.4, -0.2) is 26.7 Å². The van der Waals surface area contributed by atoms with E-state index in [0.717, 1.165) is 24.8 Å². The molecule has 0 amide bonds. The summed E-state index contributed by atoms with van der Waals surface area (Å²) in [7, 11) is 4.17. The molecular formula is C27H40N2O. The highest BCUT2D eigenvalue weighted by atomic mass is 16.5. The maximum atomic E-state index is 5.85. The van der Waals surface area contributed by atoms with E-state index in [1.165, 1.54) is 55.3 Å². The van der Waals surface area contributed by atoms with E-state index in [0.29, 0.717) is 5.92 Å². The van der Waals surface area contributed by atoms with E-state index in [9.17, 15) is 0 Å². The molecule has 2 aromatic carbocycles. The molecule has 0 aromatic heterocycles. The van der Waals surface area contributed by atoms with Crippen molar-refractivity contribution in [3.05, 3.63) is 59.7 Å². The molecule has 164 valence electrons. The van der Waals surface area contributed by atoms with Crippen molar-refractivity contribution in [2.75, 3.05) is 25.5 Å². The fraction of sp³-hybridized carbons (Fsp3) is 0.556. The van der Waals surface area contributed by atoms with Crippen molar-refractivity contribution in [2.24, 2.45) is 5.92 Å². The smallest absolute Gasteiger partial charge is 0.119 e. The van der Waals surface area contributed by atoms with Gasteiger partial charge in [-0.1, -0.05) is 43.5 Å². The predicted molar refractivity (Wildman–Crippen MR) is 129 cm³/mol. The van der Waals surface area contributed by atoms with E-state index in [1.54, 1.807) is 0 Å². The highest BCUT2D eigenvalue weighted by Crippen LogP contribution is 2.38. The lowest BCUT2D eigenvalue weighted by atomic mass is 9.75. The molecule has 0 saturated heterocycles. The Labute approximate surface area is 183 Å². The number of hydrogen-bond acceptors (Lipinski definition) is 3. The zero-order valence-corrected chi connectivity index (χ0v) is 19.4. The number of hydrogen-bond donors (Lipinski definition) is 1. The van der Waals surface area contributed by atoms with Crippen molar-refractivity contribution in [2.45, 2.75) is 70.9 Å². The molecule has 0 radical (unpaired) electrons. The van der Waals surface area contributed by atoms with E-state index >= 15 is 0 Å². The molecule has 2 aromatic rings. The van der Waals surface area contributed by atoms with Crippen LogP contribution in [0.25, 0.3) is 0 Å². The molecule has 3 nitrogen and oxygen atoms in total. The number of anilines is 1. The maximum Gasteiger partial charge on any atom is 0.119 e. The Morgan fingerprint density at radius 1 is 0.933 bits per heavy atom. The maximum absolute atomic E-state index is 5.85. The Morgan fingerprint density at radius 2 is 1.60 bits per heavy atom. The van der Waals surface area contributed by atoms with Crippen LogP contribution in [0.3, 0.4) is 0 Å². The van der Waals surface area contributed by atoms with Gasteiger partial charge in [0.2, 0.25) is 0 Å². The molecule has 1 N–H and O–H groups in total. The topological polar surface area (TPSA) is 24.5 Å². The third-order valence-electron chi connectivity index (χ3n) is 6.31. The number of nitrogens with one attached hydrogen (secondary N) is 1. The van der Waals surface area contributed by atoms with Crippen LogP contribution in [0.5, 0.6) is 5.75 Å². The predicted octanol–water partition coefficient (Wildman–Crippen LogP) is 6.38. The summed E-state index contributed by atoms with van der Waals surface area (Å²) in [6.45, 7) is 6.16. The van der Waals surface area contributed by atoms with Crippen LogP contribution >= 0.6 is 0 Å². The lowest BCUT2D eigenvalue weighted by molar-refractivity contribution is 0.242. The van der Waals surface area contributed by atoms with Crippen LogP contribution in [0.4, 0.5) is 5.69 Å². The van der Waals surface area contributed by atoms with Crippen molar-refractivity contribution < 1.29 is 4.74 Å². The summed E-state index contributed by atoms with van der Waals surface area (Å²) in [6.07, 6.45) is 8.36. The number of ether oxygens (including phenoxy) is 1. The van der Waals surface area contributed by atoms with E-state index in [-0.39, 0.29) is 6.10 Å². The second kappa shape index (κ2) is 11.4. The van der Waals surface area contributed by atoms with Gasteiger partial charge in [-0.05, 0) is 86.9 Å². The summed E-state index contributed by atoms with van der Waals surface area (Å²) in [6, 6.07) is 17.8. The van der Waals surface area contributed by atoms with Gasteiger partial charge >= 0.3 is 0 Å². The lowest BCUT2D eigenvalue weighted by Crippen LogP contribution is -2.22. The summed E-state index contributed by atoms with van der Waals surface area (Å²) in [5.74, 6) is 2.44. The quantitative estimate of drug-likeness (QED) is 0.461. The average Bonchev–Trinajstić information content (AvgIpc) is 2.75. The minimum Gasteiger partial charge on any atom is -0.491 e. The van der Waals surface area contributed by atoms with Crippen LogP contribution in [0.2, 0.25) is 0 Å². The summed E-state index contributed by atoms with van der Waals surface area (Å²) in [5, 5.41) is 3.69. The first-order chi connectivity index (χ1) is 14.5. The van der Waals surface area contributed by atoms with Gasteiger partial charge in [-0.3, -0.25) is 0 Å². The molecule has 0 heterocycles. The first-order valence-corrected chi connectivity index (χ1v) is 11.8. The van der Waals surface area contributed by atoms with Gasteiger partial charge in [0, 0.05) is 26.3 Å². The molecule has 1 aliphatic carbocycles. The molecule has 1 saturated carbocycles. The van der Waals surface area contributed by atoms with Gasteiger partial charge in [0.15, 0.2) is 0 Å². The molecule has 30 heavy (non-hydrogen) atoms. The molecule has 0 bridgehead atoms. The first-order valence-electron chi connectivity index (χ1n) is 11.8. The van der Waals surface area contributed by atoms with Crippen molar-refractivity contribution in [3.63, 3.8) is 0 Å². The van der Waals surface area contributed by atoms with Crippen LogP contribution in [0.1, 0.15) is 69.4 Å². The molecule has 1 fully saturated rings. The van der Waals surface area contributed by atoms with Gasteiger partial charge in [0.1, 0.15) is 5.75 Å². The van der Waals surface area contributed by atoms with Gasteiger partial charge in [-0.15, -0.1) is 0 Å². The zero-order chi connectivity index (χ0) is 21.3. The van der Waals surface area contributed by atoms with Crippen molar-refractivity contribution in [1.82, 2.24) is 5.32 Å². The third-order valence-corrected chi connectivity index (χ3v) is 6.31. The normalized spacial score (nSPS) is 15.9. The van der Waals surface area contributed by atoms with Gasteiger partial charge in [0.25, 0.3) is 0 Å². The molecule has 0 spiro atoms. The minimum atomic E-state index is 0.223. The highest BCUT2D eigenvalue weighted by molar-refractivity contribution is 5.45. The van der Waals surface area contributed by atoms with E-state index in [2.05, 4.69) is 86.7 Å². The molecule has 0 unspecified atom stereocenters. The van der Waals surface area contributed by atoms with Crippen molar-refractivity contribution >= 4 is 5.69 Å². The Kier molecular flexibility index (Phi) is 8.62. The number of nitrogens with zero attached hydrogens (tertiary/aromatic N) is 1. The third kappa shape index (κ3) is 6.77. The van der Waals surface area contributed by atoms with E-state index < -0.39 is 0 Å².